The van der Waals surface area contributed by atoms with Crippen LogP contribution in [0.2, 0.25) is 0 Å². The number of aromatic carboxylic acids is 1. The van der Waals surface area contributed by atoms with Crippen LogP contribution in [0.1, 0.15) is 61.9 Å². The molecule has 0 spiro atoms. The molecule has 0 heterocycles. The number of sulfone groups is 1. The highest BCUT2D eigenvalue weighted by molar-refractivity contribution is 7.93. The van der Waals surface area contributed by atoms with E-state index in [1.165, 1.54) is 17.0 Å². The zero-order valence-corrected chi connectivity index (χ0v) is 17.0. The molecule has 1 aliphatic carbocycles. The van der Waals surface area contributed by atoms with E-state index in [9.17, 15) is 18.0 Å². The summed E-state index contributed by atoms with van der Waals surface area (Å²) >= 11 is 0. The Morgan fingerprint density at radius 3 is 2.15 bits per heavy atom. The molecule has 1 saturated carbocycles. The smallest absolute Gasteiger partial charge is 0.335 e. The minimum absolute atomic E-state index is 0.174. The highest BCUT2D eigenvalue weighted by Crippen LogP contribution is 2.30. The van der Waals surface area contributed by atoms with Crippen molar-refractivity contribution >= 4 is 21.7 Å². The highest BCUT2D eigenvalue weighted by Gasteiger charge is 2.42. The Balaban J connectivity index is 2.16. The molecule has 1 aromatic rings. The van der Waals surface area contributed by atoms with E-state index in [0.29, 0.717) is 12.8 Å². The molecule has 1 unspecified atom stereocenters. The predicted octanol–water partition coefficient (Wildman–Crippen LogP) is 3.12. The maximum Gasteiger partial charge on any atom is 0.335 e. The number of hydrogen-bond donors (Lipinski definition) is 1. The van der Waals surface area contributed by atoms with Crippen LogP contribution in [-0.2, 0) is 21.2 Å². The predicted molar refractivity (Wildman–Crippen MR) is 104 cm³/mol. The zero-order valence-electron chi connectivity index (χ0n) is 16.2. The van der Waals surface area contributed by atoms with Crippen LogP contribution >= 0.6 is 0 Å². The molecule has 0 aromatic heterocycles. The lowest BCUT2D eigenvalue weighted by atomic mass is 10.0. The average Bonchev–Trinajstić information content (AvgIpc) is 2.62. The minimum Gasteiger partial charge on any atom is -0.478 e. The van der Waals surface area contributed by atoms with Gasteiger partial charge in [0.15, 0.2) is 9.84 Å². The SMILES string of the molecule is CC(C)C(C(=O)N(C)Cc1ccc(C(=O)O)cc1)S(=O)(=O)C1CCCCC1. The molecule has 1 fully saturated rings. The Morgan fingerprint density at radius 2 is 1.67 bits per heavy atom. The first-order valence-corrected chi connectivity index (χ1v) is 11.1. The fourth-order valence-corrected chi connectivity index (χ4v) is 6.35. The van der Waals surface area contributed by atoms with Gasteiger partial charge in [-0.1, -0.05) is 45.2 Å². The van der Waals surface area contributed by atoms with Crippen molar-refractivity contribution in [3.63, 3.8) is 0 Å². The fraction of sp³-hybridized carbons (Fsp3) is 0.600. The molecule has 150 valence electrons. The largest absolute Gasteiger partial charge is 0.478 e. The number of carboxylic acids is 1. The van der Waals surface area contributed by atoms with E-state index in [4.69, 9.17) is 5.11 Å². The molecule has 7 heteroatoms. The second-order valence-electron chi connectivity index (χ2n) is 7.71. The summed E-state index contributed by atoms with van der Waals surface area (Å²) in [4.78, 5) is 25.4. The molecule has 0 saturated heterocycles. The van der Waals surface area contributed by atoms with Gasteiger partial charge in [-0.25, -0.2) is 13.2 Å². The Morgan fingerprint density at radius 1 is 1.11 bits per heavy atom. The van der Waals surface area contributed by atoms with E-state index < -0.39 is 32.2 Å². The maximum absolute atomic E-state index is 13.1. The number of carbonyl (C=O) groups is 2. The first-order chi connectivity index (χ1) is 12.6. The van der Waals surface area contributed by atoms with Gasteiger partial charge < -0.3 is 10.0 Å². The summed E-state index contributed by atoms with van der Waals surface area (Å²) in [5, 5.41) is 7.50. The Bertz CT molecular complexity index is 764. The van der Waals surface area contributed by atoms with Crippen LogP contribution in [0, 0.1) is 5.92 Å². The first kappa shape index (κ1) is 21.4. The number of carboxylic acid groups (broad SMARTS) is 1. The van der Waals surface area contributed by atoms with Gasteiger partial charge in [-0.05, 0) is 36.5 Å². The second-order valence-corrected chi connectivity index (χ2v) is 10.1. The van der Waals surface area contributed by atoms with E-state index >= 15 is 0 Å². The summed E-state index contributed by atoms with van der Waals surface area (Å²) in [7, 11) is -1.95. The fourth-order valence-electron chi connectivity index (χ4n) is 3.73. The van der Waals surface area contributed by atoms with E-state index in [0.717, 1.165) is 24.8 Å². The average molecular weight is 396 g/mol. The minimum atomic E-state index is -3.55. The Kier molecular flexibility index (Phi) is 7.03. The molecule has 1 aromatic carbocycles. The molecular formula is C20H29NO5S. The molecule has 0 aliphatic heterocycles. The van der Waals surface area contributed by atoms with Crippen molar-refractivity contribution in [3.8, 4) is 0 Å². The van der Waals surface area contributed by atoms with Gasteiger partial charge in [0.25, 0.3) is 0 Å². The highest BCUT2D eigenvalue weighted by atomic mass is 32.2. The van der Waals surface area contributed by atoms with Crippen LogP contribution in [0.5, 0.6) is 0 Å². The van der Waals surface area contributed by atoms with Crippen molar-refractivity contribution < 1.29 is 23.1 Å². The van der Waals surface area contributed by atoms with Gasteiger partial charge in [-0.3, -0.25) is 4.79 Å². The number of hydrogen-bond acceptors (Lipinski definition) is 4. The summed E-state index contributed by atoms with van der Waals surface area (Å²) < 4.78 is 26.3. The lowest BCUT2D eigenvalue weighted by Gasteiger charge is -2.31. The normalized spacial score (nSPS) is 16.9. The lowest BCUT2D eigenvalue weighted by molar-refractivity contribution is -0.130. The van der Waals surface area contributed by atoms with Crippen LogP contribution in [-0.4, -0.2) is 47.8 Å². The van der Waals surface area contributed by atoms with Gasteiger partial charge in [-0.2, -0.15) is 0 Å². The first-order valence-electron chi connectivity index (χ1n) is 9.44. The number of carbonyl (C=O) groups excluding carboxylic acids is 1. The van der Waals surface area contributed by atoms with Gasteiger partial charge in [0.2, 0.25) is 5.91 Å². The number of amides is 1. The van der Waals surface area contributed by atoms with Crippen LogP contribution in [0.25, 0.3) is 0 Å². The molecule has 1 N–H and O–H groups in total. The Hall–Kier alpha value is -1.89. The third kappa shape index (κ3) is 5.09. The van der Waals surface area contributed by atoms with Crippen LogP contribution in [0.3, 0.4) is 0 Å². The summed E-state index contributed by atoms with van der Waals surface area (Å²) in [6, 6.07) is 6.25. The summed E-state index contributed by atoms with van der Waals surface area (Å²) in [6.07, 6.45) is 4.13. The van der Waals surface area contributed by atoms with Crippen molar-refractivity contribution in [3.05, 3.63) is 35.4 Å². The monoisotopic (exact) mass is 395 g/mol. The molecule has 1 aliphatic rings. The molecule has 6 nitrogen and oxygen atoms in total. The molecular weight excluding hydrogens is 366 g/mol. The van der Waals surface area contributed by atoms with Crippen molar-refractivity contribution in [1.29, 1.82) is 0 Å². The molecule has 0 bridgehead atoms. The number of nitrogens with zero attached hydrogens (tertiary/aromatic N) is 1. The van der Waals surface area contributed by atoms with Gasteiger partial charge in [0.1, 0.15) is 5.25 Å². The molecule has 2 rings (SSSR count). The third-order valence-electron chi connectivity index (χ3n) is 5.22. The third-order valence-corrected chi connectivity index (χ3v) is 8.07. The second kappa shape index (κ2) is 8.87. The van der Waals surface area contributed by atoms with Crippen LogP contribution in [0.4, 0.5) is 0 Å². The van der Waals surface area contributed by atoms with E-state index in [1.807, 2.05) is 0 Å². The van der Waals surface area contributed by atoms with Crippen molar-refractivity contribution in [2.45, 2.75) is 63.0 Å². The molecule has 1 atom stereocenters. The van der Waals surface area contributed by atoms with Gasteiger partial charge in [-0.15, -0.1) is 0 Å². The van der Waals surface area contributed by atoms with E-state index in [1.54, 1.807) is 33.0 Å². The summed E-state index contributed by atoms with van der Waals surface area (Å²) in [5.41, 5.74) is 0.932. The lowest BCUT2D eigenvalue weighted by Crippen LogP contribution is -2.47. The standard InChI is InChI=1S/C20H29NO5S/c1-14(2)18(27(25,26)17-7-5-4-6-8-17)19(22)21(3)13-15-9-11-16(12-10-15)20(23)24/h9-12,14,17-18H,4-8,13H2,1-3H3,(H,23,24). The van der Waals surface area contributed by atoms with Gasteiger partial charge >= 0.3 is 5.97 Å². The summed E-state index contributed by atoms with van der Waals surface area (Å²) in [6.45, 7) is 3.79. The maximum atomic E-state index is 13.1. The van der Waals surface area contributed by atoms with Crippen LogP contribution < -0.4 is 0 Å². The molecule has 0 radical (unpaired) electrons. The van der Waals surface area contributed by atoms with Crippen molar-refractivity contribution in [2.24, 2.45) is 5.92 Å². The van der Waals surface area contributed by atoms with E-state index in [2.05, 4.69) is 0 Å². The molecule has 1 amide bonds. The molecule has 27 heavy (non-hydrogen) atoms. The summed E-state index contributed by atoms with van der Waals surface area (Å²) in [5.74, 6) is -1.71. The quantitative estimate of drug-likeness (QED) is 0.766. The zero-order chi connectivity index (χ0) is 20.2. The topological polar surface area (TPSA) is 91.8 Å². The van der Waals surface area contributed by atoms with Crippen molar-refractivity contribution in [2.75, 3.05) is 7.05 Å². The Labute approximate surface area is 161 Å². The number of rotatable bonds is 7. The van der Waals surface area contributed by atoms with Gasteiger partial charge in [0.05, 0.1) is 10.8 Å². The van der Waals surface area contributed by atoms with Crippen molar-refractivity contribution in [1.82, 2.24) is 4.90 Å². The van der Waals surface area contributed by atoms with Gasteiger partial charge in [0, 0.05) is 13.6 Å². The number of benzene rings is 1. The van der Waals surface area contributed by atoms with Crippen LogP contribution in [0.15, 0.2) is 24.3 Å². The van der Waals surface area contributed by atoms with E-state index in [-0.39, 0.29) is 18.0 Å².